The molecule has 0 spiro atoms. The average Bonchev–Trinajstić information content (AvgIpc) is 3.62. The molecule has 45 heavy (non-hydrogen) atoms. The second-order valence-corrected chi connectivity index (χ2v) is 10.3. The maximum Gasteiger partial charge on any atom is 0.341 e. The minimum absolute atomic E-state index is 0.0478. The molecule has 230 valence electrons. The molecule has 0 bridgehead atoms. The van der Waals surface area contributed by atoms with Crippen LogP contribution >= 0.6 is 0 Å². The molecule has 2 amide bonds. The van der Waals surface area contributed by atoms with Gasteiger partial charge in [-0.05, 0) is 23.3 Å². The molecule has 3 aromatic carbocycles. The van der Waals surface area contributed by atoms with E-state index in [2.05, 4.69) is 65.6 Å². The largest absolute Gasteiger partial charge is 0.394 e. The smallest absolute Gasteiger partial charge is 0.341 e. The van der Waals surface area contributed by atoms with E-state index in [0.717, 1.165) is 11.1 Å². The van der Waals surface area contributed by atoms with E-state index in [1.54, 1.807) is 24.3 Å². The number of benzene rings is 3. The molecule has 2 aromatic heterocycles. The van der Waals surface area contributed by atoms with Gasteiger partial charge >= 0.3 is 6.03 Å². The van der Waals surface area contributed by atoms with Gasteiger partial charge < -0.3 is 30.7 Å². The normalized spacial score (nSPS) is 19.7. The molecule has 14 heteroatoms. The van der Waals surface area contributed by atoms with Crippen LogP contribution < -0.4 is 16.1 Å². The molecule has 1 aliphatic heterocycles. The van der Waals surface area contributed by atoms with Crippen molar-refractivity contribution in [2.24, 2.45) is 10.3 Å². The van der Waals surface area contributed by atoms with E-state index in [1.165, 1.54) is 10.9 Å². The molecule has 0 unspecified atom stereocenters. The number of hydrogen-bond acceptors (Lipinski definition) is 11. The van der Waals surface area contributed by atoms with Crippen LogP contribution in [-0.4, -0.2) is 72.3 Å². The number of amides is 2. The standard InChI is InChI=1S/C31H31N9O5/c41-17-23-25(42)26(43)29(45-23)40-18-33-24-27(32-16-22(19-10-4-1-5-11-19)20-12-6-2-7-13-20)35-30(36-28(24)40)37-39-38-31(44)34-21-14-8-3-9-15-21/h1-15,18,22-23,25-26,29,41-43H,16-17H2,(H3,32,34,35,36,37,38,44)/t23-,25-,26-,29-/m1/s1. The molecule has 3 heterocycles. The van der Waals surface area contributed by atoms with Crippen molar-refractivity contribution in [2.45, 2.75) is 30.5 Å². The fourth-order valence-electron chi connectivity index (χ4n) is 5.16. The molecule has 0 saturated carbocycles. The van der Waals surface area contributed by atoms with Gasteiger partial charge in [-0.15, -0.1) is 0 Å². The molecule has 0 radical (unpaired) electrons. The van der Waals surface area contributed by atoms with Crippen molar-refractivity contribution < 1.29 is 24.9 Å². The molecule has 1 aliphatic rings. The highest BCUT2D eigenvalue weighted by Crippen LogP contribution is 2.33. The van der Waals surface area contributed by atoms with E-state index < -0.39 is 37.2 Å². The van der Waals surface area contributed by atoms with Crippen LogP contribution in [0.2, 0.25) is 0 Å². The topological polar surface area (TPSA) is 191 Å². The molecule has 4 atom stereocenters. The lowest BCUT2D eigenvalue weighted by molar-refractivity contribution is -0.0511. The van der Waals surface area contributed by atoms with Gasteiger partial charge in [0.2, 0.25) is 0 Å². The second-order valence-electron chi connectivity index (χ2n) is 10.3. The van der Waals surface area contributed by atoms with Crippen LogP contribution in [0.15, 0.2) is 108 Å². The number of urea groups is 1. The summed E-state index contributed by atoms with van der Waals surface area (Å²) in [5, 5.41) is 44.4. The van der Waals surface area contributed by atoms with Crippen LogP contribution in [0.5, 0.6) is 0 Å². The van der Waals surface area contributed by atoms with Crippen molar-refractivity contribution in [3.8, 4) is 0 Å². The number of carbonyl (C=O) groups is 1. The first-order valence-corrected chi connectivity index (χ1v) is 14.3. The van der Waals surface area contributed by atoms with Crippen LogP contribution in [0.25, 0.3) is 11.2 Å². The number of para-hydroxylation sites is 1. The Kier molecular flexibility index (Phi) is 8.98. The van der Waals surface area contributed by atoms with Crippen LogP contribution in [0, 0.1) is 0 Å². The Balaban J connectivity index is 1.31. The molecule has 1 saturated heterocycles. The van der Waals surface area contributed by atoms with Crippen molar-refractivity contribution in [3.05, 3.63) is 108 Å². The third-order valence-electron chi connectivity index (χ3n) is 7.40. The third kappa shape index (κ3) is 6.63. The predicted octanol–water partition coefficient (Wildman–Crippen LogP) is 3.50. The van der Waals surface area contributed by atoms with Gasteiger partial charge in [-0.3, -0.25) is 4.57 Å². The number of aromatic nitrogens is 4. The van der Waals surface area contributed by atoms with Crippen molar-refractivity contribution in [3.63, 3.8) is 0 Å². The van der Waals surface area contributed by atoms with Gasteiger partial charge in [0.05, 0.1) is 12.9 Å². The summed E-state index contributed by atoms with van der Waals surface area (Å²) >= 11 is 0. The molecule has 6 N–H and O–H groups in total. The van der Waals surface area contributed by atoms with E-state index >= 15 is 0 Å². The molecular weight excluding hydrogens is 578 g/mol. The number of aliphatic hydroxyl groups excluding tert-OH is 3. The number of ether oxygens (including phenoxy) is 1. The molecule has 1 fully saturated rings. The molecular formula is C31H31N9O5. The van der Waals surface area contributed by atoms with Gasteiger partial charge in [0.15, 0.2) is 23.2 Å². The summed E-state index contributed by atoms with van der Waals surface area (Å²) in [4.78, 5) is 25.8. The van der Waals surface area contributed by atoms with Gasteiger partial charge in [0.25, 0.3) is 5.95 Å². The van der Waals surface area contributed by atoms with Crippen LogP contribution in [-0.2, 0) is 4.74 Å². The summed E-state index contributed by atoms with van der Waals surface area (Å²) in [5.41, 5.74) is 5.61. The molecule has 6 rings (SSSR count). The third-order valence-corrected chi connectivity index (χ3v) is 7.40. The minimum Gasteiger partial charge on any atom is -0.394 e. The minimum atomic E-state index is -1.36. The van der Waals surface area contributed by atoms with Gasteiger partial charge in [-0.2, -0.15) is 9.97 Å². The van der Waals surface area contributed by atoms with Crippen molar-refractivity contribution in [2.75, 3.05) is 23.8 Å². The Bertz CT molecular complexity index is 1720. The quantitative estimate of drug-likeness (QED) is 0.102. The first-order valence-electron chi connectivity index (χ1n) is 14.3. The second kappa shape index (κ2) is 13.6. The lowest BCUT2D eigenvalue weighted by Gasteiger charge is -2.19. The first kappa shape index (κ1) is 29.8. The number of imidazole rings is 1. The summed E-state index contributed by atoms with van der Waals surface area (Å²) in [6.45, 7) is -0.0607. The van der Waals surface area contributed by atoms with Crippen LogP contribution in [0.3, 0.4) is 0 Å². The van der Waals surface area contributed by atoms with Gasteiger partial charge in [-0.1, -0.05) is 89.2 Å². The van der Waals surface area contributed by atoms with Crippen LogP contribution in [0.4, 0.5) is 22.2 Å². The molecule has 5 aromatic rings. The van der Waals surface area contributed by atoms with Crippen LogP contribution in [0.1, 0.15) is 23.3 Å². The Morgan fingerprint density at radius 2 is 1.56 bits per heavy atom. The van der Waals surface area contributed by atoms with Gasteiger partial charge in [0, 0.05) is 18.2 Å². The SMILES string of the molecule is O=C(NN=Nc1nc(NCC(c2ccccc2)c2ccccc2)c2ncn([C@@H]3O[C@H](CO)[C@@H](O)[C@H]3O)c2n1)Nc1ccccc1. The number of nitrogens with one attached hydrogen (secondary N) is 3. The summed E-state index contributed by atoms with van der Waals surface area (Å²) in [6, 6.07) is 28.3. The first-order chi connectivity index (χ1) is 22.0. The van der Waals surface area contributed by atoms with E-state index in [0.29, 0.717) is 23.6 Å². The number of rotatable bonds is 10. The molecule has 14 nitrogen and oxygen atoms in total. The monoisotopic (exact) mass is 609 g/mol. The van der Waals surface area contributed by atoms with E-state index in [-0.39, 0.29) is 17.5 Å². The number of hydrogen-bond donors (Lipinski definition) is 6. The number of aliphatic hydroxyl groups is 3. The van der Waals surface area contributed by atoms with E-state index in [4.69, 9.17) is 4.74 Å². The number of anilines is 2. The summed E-state index contributed by atoms with van der Waals surface area (Å²) in [7, 11) is 0. The zero-order chi connectivity index (χ0) is 31.2. The fraction of sp³-hybridized carbons (Fsp3) is 0.226. The van der Waals surface area contributed by atoms with Crippen molar-refractivity contribution in [1.82, 2.24) is 24.9 Å². The average molecular weight is 610 g/mol. The number of fused-ring (bicyclic) bond motifs is 1. The Hall–Kier alpha value is -5.28. The zero-order valence-corrected chi connectivity index (χ0v) is 23.9. The summed E-state index contributed by atoms with van der Waals surface area (Å²) < 4.78 is 7.16. The zero-order valence-electron chi connectivity index (χ0n) is 23.9. The summed E-state index contributed by atoms with van der Waals surface area (Å²) in [5.74, 6) is 0.160. The fourth-order valence-corrected chi connectivity index (χ4v) is 5.16. The van der Waals surface area contributed by atoms with Gasteiger partial charge in [0.1, 0.15) is 18.3 Å². The highest BCUT2D eigenvalue weighted by molar-refractivity contribution is 5.88. The van der Waals surface area contributed by atoms with Gasteiger partial charge in [-0.25, -0.2) is 15.2 Å². The lowest BCUT2D eigenvalue weighted by Crippen LogP contribution is -2.33. The highest BCUT2D eigenvalue weighted by atomic mass is 16.6. The Morgan fingerprint density at radius 1 is 0.911 bits per heavy atom. The lowest BCUT2D eigenvalue weighted by atomic mass is 9.91. The maximum atomic E-state index is 12.3. The van der Waals surface area contributed by atoms with E-state index in [9.17, 15) is 20.1 Å². The Morgan fingerprint density at radius 3 is 2.18 bits per heavy atom. The summed E-state index contributed by atoms with van der Waals surface area (Å²) in [6.07, 6.45) is -3.36. The molecule has 0 aliphatic carbocycles. The highest BCUT2D eigenvalue weighted by Gasteiger charge is 2.44. The number of nitrogens with zero attached hydrogens (tertiary/aromatic N) is 6. The van der Waals surface area contributed by atoms with Crippen molar-refractivity contribution in [1.29, 1.82) is 0 Å². The van der Waals surface area contributed by atoms with E-state index in [1.807, 2.05) is 42.5 Å². The Labute approximate surface area is 257 Å². The van der Waals surface area contributed by atoms with Crippen molar-refractivity contribution >= 4 is 34.6 Å². The number of carbonyl (C=O) groups excluding carboxylic acids is 1. The maximum absolute atomic E-state index is 12.3. The predicted molar refractivity (Wildman–Crippen MR) is 165 cm³/mol.